The number of quaternary nitrogens is 1. The molecule has 5 nitrogen and oxygen atoms in total. The van der Waals surface area contributed by atoms with Gasteiger partial charge in [0.15, 0.2) is 6.04 Å². The molecule has 1 unspecified atom stereocenters. The summed E-state index contributed by atoms with van der Waals surface area (Å²) in [7, 11) is 1.57. The molecule has 0 aromatic carbocycles. The van der Waals surface area contributed by atoms with Crippen LogP contribution in [0.25, 0.3) is 0 Å². The summed E-state index contributed by atoms with van der Waals surface area (Å²) in [6, 6.07) is 3.38. The number of carbonyl (C=O) groups is 1. The van der Waals surface area contributed by atoms with Gasteiger partial charge in [-0.25, -0.2) is 0 Å². The monoisotopic (exact) mass is 229 g/mol. The lowest BCUT2D eigenvalue weighted by Gasteiger charge is -2.18. The van der Waals surface area contributed by atoms with Gasteiger partial charge in [-0.2, -0.15) is 4.98 Å². The number of carbonyl (C=O) groups excluding carboxylic acids is 1. The number of anilines is 1. The van der Waals surface area contributed by atoms with Gasteiger partial charge in [0.05, 0.1) is 7.11 Å². The average molecular weight is 230 g/mol. The van der Waals surface area contributed by atoms with Gasteiger partial charge in [-0.05, 0) is 13.0 Å². The number of hydrogen-bond donors (Lipinski definition) is 2. The van der Waals surface area contributed by atoms with Crippen molar-refractivity contribution in [3.63, 3.8) is 0 Å². The molecular weight excluding hydrogens is 218 g/mol. The third-order valence-corrected chi connectivity index (χ3v) is 2.19. The summed E-state index contributed by atoms with van der Waals surface area (Å²) in [5.41, 5.74) is 0.744. The Hall–Kier alpha value is -1.33. The normalized spacial score (nSPS) is 18.5. The van der Waals surface area contributed by atoms with Crippen molar-refractivity contribution in [2.45, 2.75) is 13.0 Å². The molecule has 2 rings (SSSR count). The molecule has 1 aromatic heterocycles. The van der Waals surface area contributed by atoms with Crippen LogP contribution in [0.2, 0.25) is 0 Å². The number of aromatic nitrogens is 1. The molecule has 2 heterocycles. The van der Waals surface area contributed by atoms with Gasteiger partial charge in [0.1, 0.15) is 5.69 Å². The fourth-order valence-electron chi connectivity index (χ4n) is 1.36. The maximum absolute atomic E-state index is 11.3. The number of methoxy groups -OCH3 is 1. The lowest BCUT2D eigenvalue weighted by Crippen LogP contribution is -3.00. The summed E-state index contributed by atoms with van der Waals surface area (Å²) in [4.78, 5) is 15.5. The molecule has 0 aliphatic carbocycles. The highest BCUT2D eigenvalue weighted by atomic mass is 35.5. The molecule has 1 aliphatic heterocycles. The Balaban J connectivity index is 0.00000112. The second kappa shape index (κ2) is 4.46. The first-order valence-electron chi connectivity index (χ1n) is 4.41. The summed E-state index contributed by atoms with van der Waals surface area (Å²) in [6.07, 6.45) is 0. The minimum atomic E-state index is -0.137. The number of nitrogens with one attached hydrogen (secondary N) is 1. The van der Waals surface area contributed by atoms with Crippen LogP contribution in [0.15, 0.2) is 12.1 Å². The Morgan fingerprint density at radius 1 is 1.53 bits per heavy atom. The number of hydrogen-bond acceptors (Lipinski definition) is 3. The molecule has 1 atom stereocenters. The van der Waals surface area contributed by atoms with Crippen molar-refractivity contribution in [1.29, 1.82) is 0 Å². The van der Waals surface area contributed by atoms with Gasteiger partial charge in [0.2, 0.25) is 5.88 Å². The third-order valence-electron chi connectivity index (χ3n) is 2.19. The second-order valence-electron chi connectivity index (χ2n) is 3.23. The number of nitrogens with zero attached hydrogens (tertiary/aromatic N) is 1. The summed E-state index contributed by atoms with van der Waals surface area (Å²) in [5, 5.41) is 4.60. The van der Waals surface area contributed by atoms with Gasteiger partial charge in [-0.15, -0.1) is 0 Å². The van der Waals surface area contributed by atoms with Crippen LogP contribution in [0.5, 0.6) is 5.88 Å². The molecular formula is C9H12ClN3O2. The van der Waals surface area contributed by atoms with Crippen LogP contribution in [0.4, 0.5) is 11.5 Å². The molecule has 0 radical (unpaired) electrons. The van der Waals surface area contributed by atoms with E-state index in [1.807, 2.05) is 12.2 Å². The van der Waals surface area contributed by atoms with E-state index in [9.17, 15) is 4.79 Å². The van der Waals surface area contributed by atoms with Crippen LogP contribution in [-0.2, 0) is 4.79 Å². The van der Waals surface area contributed by atoms with Gasteiger partial charge in [0, 0.05) is 6.07 Å². The molecule has 0 fully saturated rings. The predicted octanol–water partition coefficient (Wildman–Crippen LogP) is -3.37. The highest BCUT2D eigenvalue weighted by Crippen LogP contribution is 2.20. The van der Waals surface area contributed by atoms with Gasteiger partial charge < -0.3 is 22.5 Å². The van der Waals surface area contributed by atoms with E-state index in [1.165, 1.54) is 0 Å². The quantitative estimate of drug-likeness (QED) is 0.528. The van der Waals surface area contributed by atoms with E-state index < -0.39 is 0 Å². The molecule has 1 aliphatic rings. The number of pyridine rings is 1. The number of ether oxygens (including phenoxy) is 1. The average Bonchev–Trinajstić information content (AvgIpc) is 2.19. The van der Waals surface area contributed by atoms with Crippen molar-refractivity contribution in [1.82, 2.24) is 4.98 Å². The Morgan fingerprint density at radius 2 is 2.27 bits per heavy atom. The number of halogens is 1. The minimum Gasteiger partial charge on any atom is -1.00 e. The summed E-state index contributed by atoms with van der Waals surface area (Å²) in [6.45, 7) is 1.83. The van der Waals surface area contributed by atoms with E-state index in [1.54, 1.807) is 19.2 Å². The van der Waals surface area contributed by atoms with Crippen molar-refractivity contribution in [3.05, 3.63) is 12.1 Å². The molecule has 6 heteroatoms. The highest BCUT2D eigenvalue weighted by molar-refractivity contribution is 5.96. The van der Waals surface area contributed by atoms with E-state index in [-0.39, 0.29) is 24.4 Å². The predicted molar refractivity (Wildman–Crippen MR) is 50.5 cm³/mol. The number of amides is 1. The third kappa shape index (κ3) is 2.19. The minimum absolute atomic E-state index is 0. The van der Waals surface area contributed by atoms with Gasteiger partial charge in [-0.1, -0.05) is 0 Å². The summed E-state index contributed by atoms with van der Waals surface area (Å²) in [5.74, 6) is 1.34. The van der Waals surface area contributed by atoms with E-state index in [0.29, 0.717) is 5.88 Å². The molecule has 15 heavy (non-hydrogen) atoms. The zero-order chi connectivity index (χ0) is 10.1. The van der Waals surface area contributed by atoms with E-state index in [2.05, 4.69) is 10.3 Å². The maximum atomic E-state index is 11.3. The standard InChI is InChI=1S/C9H11N3O2.ClH/c1-5-9(13)11-6-3-4-7(14-2)12-8(6)10-5;/h3-5H,1-2H3,(H,10,12)(H,11,13);1H. The SMILES string of the molecule is COc1ccc2c(n1)[NH2+]C(C)C(=O)N2.[Cl-]. The first kappa shape index (κ1) is 11.7. The largest absolute Gasteiger partial charge is 1.00 e. The first-order valence-corrected chi connectivity index (χ1v) is 4.41. The fraction of sp³-hybridized carbons (Fsp3) is 0.333. The van der Waals surface area contributed by atoms with Crippen molar-refractivity contribution in [3.8, 4) is 5.88 Å². The van der Waals surface area contributed by atoms with E-state index >= 15 is 0 Å². The van der Waals surface area contributed by atoms with E-state index in [4.69, 9.17) is 4.74 Å². The van der Waals surface area contributed by atoms with Crippen LogP contribution in [0.3, 0.4) is 0 Å². The first-order chi connectivity index (χ1) is 6.70. The van der Waals surface area contributed by atoms with E-state index in [0.717, 1.165) is 11.5 Å². The molecule has 0 bridgehead atoms. The second-order valence-corrected chi connectivity index (χ2v) is 3.23. The van der Waals surface area contributed by atoms with Crippen molar-refractivity contribution >= 4 is 17.4 Å². The fourth-order valence-corrected chi connectivity index (χ4v) is 1.36. The smallest absolute Gasteiger partial charge is 0.282 e. The Labute approximate surface area is 93.6 Å². The zero-order valence-corrected chi connectivity index (χ0v) is 9.21. The van der Waals surface area contributed by atoms with Crippen LogP contribution in [-0.4, -0.2) is 24.0 Å². The molecule has 0 saturated carbocycles. The van der Waals surface area contributed by atoms with Crippen molar-refractivity contribution in [2.75, 3.05) is 12.4 Å². The number of nitrogens with two attached hydrogens (primary N) is 1. The molecule has 0 spiro atoms. The maximum Gasteiger partial charge on any atom is 0.282 e. The highest BCUT2D eigenvalue weighted by Gasteiger charge is 2.27. The van der Waals surface area contributed by atoms with Crippen molar-refractivity contribution in [2.24, 2.45) is 0 Å². The van der Waals surface area contributed by atoms with Crippen LogP contribution >= 0.6 is 0 Å². The van der Waals surface area contributed by atoms with Gasteiger partial charge >= 0.3 is 0 Å². The lowest BCUT2D eigenvalue weighted by atomic mass is 10.2. The Bertz CT molecular complexity index is 384. The summed E-state index contributed by atoms with van der Waals surface area (Å²) < 4.78 is 5.00. The van der Waals surface area contributed by atoms with Crippen LogP contribution in [0, 0.1) is 0 Å². The van der Waals surface area contributed by atoms with Crippen LogP contribution < -0.4 is 27.8 Å². The summed E-state index contributed by atoms with van der Waals surface area (Å²) >= 11 is 0. The van der Waals surface area contributed by atoms with Gasteiger partial charge in [0.25, 0.3) is 11.7 Å². The zero-order valence-electron chi connectivity index (χ0n) is 8.45. The molecule has 1 aromatic rings. The molecule has 82 valence electrons. The molecule has 0 saturated heterocycles. The lowest BCUT2D eigenvalue weighted by molar-refractivity contribution is -0.596. The Kier molecular flexibility index (Phi) is 3.49. The van der Waals surface area contributed by atoms with Gasteiger partial charge in [-0.3, -0.25) is 10.1 Å². The number of rotatable bonds is 1. The molecule has 1 amide bonds. The van der Waals surface area contributed by atoms with Crippen LogP contribution in [0.1, 0.15) is 6.92 Å². The Morgan fingerprint density at radius 3 is 2.93 bits per heavy atom. The van der Waals surface area contributed by atoms with Crippen molar-refractivity contribution < 1.29 is 27.3 Å². The molecule has 3 N–H and O–H groups in total. The number of fused-ring (bicyclic) bond motifs is 1. The topological polar surface area (TPSA) is 67.8 Å².